The fraction of sp³-hybridized carbons (Fsp3) is 0.200. The molecule has 4 rings (SSSR count). The lowest BCUT2D eigenvalue weighted by Gasteiger charge is -2.23. The highest BCUT2D eigenvalue weighted by Gasteiger charge is 2.50. The van der Waals surface area contributed by atoms with Crippen LogP contribution in [0.5, 0.6) is 0 Å². The second-order valence-corrected chi connectivity index (χ2v) is 8.12. The van der Waals surface area contributed by atoms with E-state index in [1.54, 1.807) is 35.2 Å². The number of hydrogen-bond donors (Lipinski definition) is 1. The summed E-state index contributed by atoms with van der Waals surface area (Å²) in [5.41, 5.74) is 1.64. The molecule has 30 heavy (non-hydrogen) atoms. The number of aryl methyl sites for hydroxylation is 1. The van der Waals surface area contributed by atoms with Crippen LogP contribution < -0.4 is 4.90 Å². The summed E-state index contributed by atoms with van der Waals surface area (Å²) in [7, 11) is 0. The number of carbonyl (C=O) groups is 2. The average molecular weight is 420 g/mol. The smallest absolute Gasteiger partial charge is 0.264 e. The largest absolute Gasteiger partial charge is 0.375 e. The van der Waals surface area contributed by atoms with Crippen molar-refractivity contribution in [2.75, 3.05) is 11.4 Å². The maximum atomic E-state index is 13.3. The van der Waals surface area contributed by atoms with Crippen LogP contribution in [0, 0.1) is 6.92 Å². The molecule has 4 nitrogen and oxygen atoms in total. The van der Waals surface area contributed by atoms with Crippen LogP contribution >= 0.6 is 11.6 Å². The molecule has 0 saturated heterocycles. The van der Waals surface area contributed by atoms with E-state index in [1.165, 1.54) is 0 Å². The van der Waals surface area contributed by atoms with Crippen LogP contribution in [0.15, 0.2) is 72.8 Å². The van der Waals surface area contributed by atoms with Crippen molar-refractivity contribution in [2.24, 2.45) is 0 Å². The minimum absolute atomic E-state index is 0.290. The summed E-state index contributed by atoms with van der Waals surface area (Å²) < 4.78 is 0. The molecule has 1 aliphatic heterocycles. The van der Waals surface area contributed by atoms with Gasteiger partial charge in [-0.25, -0.2) is 0 Å². The minimum atomic E-state index is -1.93. The van der Waals surface area contributed by atoms with Gasteiger partial charge in [0.2, 0.25) is 0 Å². The van der Waals surface area contributed by atoms with E-state index in [1.807, 2.05) is 49.4 Å². The first kappa shape index (κ1) is 20.3. The second kappa shape index (κ2) is 8.05. The number of ketones is 1. The molecule has 0 saturated carbocycles. The van der Waals surface area contributed by atoms with Crippen molar-refractivity contribution in [1.29, 1.82) is 0 Å². The van der Waals surface area contributed by atoms with Gasteiger partial charge in [-0.3, -0.25) is 9.59 Å². The van der Waals surface area contributed by atoms with Crippen molar-refractivity contribution in [3.8, 4) is 0 Å². The molecule has 5 heteroatoms. The number of Topliss-reactive ketones (excluding diaryl/α,β-unsaturated/α-hetero) is 1. The summed E-state index contributed by atoms with van der Waals surface area (Å²) in [5.74, 6) is -0.780. The molecular formula is C25H22ClNO3. The number of nitrogens with zero attached hydrogens (tertiary/aromatic N) is 1. The normalized spacial score (nSPS) is 17.8. The van der Waals surface area contributed by atoms with E-state index in [0.717, 1.165) is 11.1 Å². The van der Waals surface area contributed by atoms with Gasteiger partial charge in [0.15, 0.2) is 11.4 Å². The van der Waals surface area contributed by atoms with E-state index >= 15 is 0 Å². The standard InChI is InChI=1S/C25H22ClNO3/c1-17-7-9-19(10-8-17)23(28)16-25(30)21-15-20(26)11-12-22(21)27(24(25)29)14-13-18-5-3-2-4-6-18/h2-12,15,30H,13-14,16H2,1H3/t25-/m0/s1. The maximum Gasteiger partial charge on any atom is 0.264 e. The molecule has 0 bridgehead atoms. The van der Waals surface area contributed by atoms with Crippen LogP contribution in [0.1, 0.15) is 33.5 Å². The number of fused-ring (bicyclic) bond motifs is 1. The molecule has 0 aliphatic carbocycles. The monoisotopic (exact) mass is 419 g/mol. The Hall–Kier alpha value is -2.95. The minimum Gasteiger partial charge on any atom is -0.375 e. The molecule has 0 fully saturated rings. The Bertz CT molecular complexity index is 1100. The SMILES string of the molecule is Cc1ccc(C(=O)C[C@@]2(O)C(=O)N(CCc3ccccc3)c3ccc(Cl)cc32)cc1. The highest BCUT2D eigenvalue weighted by Crippen LogP contribution is 2.44. The zero-order valence-electron chi connectivity index (χ0n) is 16.6. The number of anilines is 1. The third-order valence-corrected chi connectivity index (χ3v) is 5.79. The number of rotatable bonds is 6. The first-order chi connectivity index (χ1) is 14.4. The van der Waals surface area contributed by atoms with Crippen LogP contribution in [-0.2, 0) is 16.8 Å². The van der Waals surface area contributed by atoms with Crippen molar-refractivity contribution >= 4 is 29.0 Å². The summed E-state index contributed by atoms with van der Waals surface area (Å²) in [4.78, 5) is 27.8. The van der Waals surface area contributed by atoms with Crippen molar-refractivity contribution in [3.05, 3.63) is 100 Å². The van der Waals surface area contributed by atoms with Gasteiger partial charge in [-0.05, 0) is 37.1 Å². The Morgan fingerprint density at radius 2 is 1.73 bits per heavy atom. The third kappa shape index (κ3) is 3.76. The Kier molecular flexibility index (Phi) is 5.46. The molecule has 1 N–H and O–H groups in total. The predicted molar refractivity (Wildman–Crippen MR) is 118 cm³/mol. The van der Waals surface area contributed by atoms with E-state index in [0.29, 0.717) is 34.8 Å². The summed E-state index contributed by atoms with van der Waals surface area (Å²) in [6.07, 6.45) is 0.306. The molecule has 0 radical (unpaired) electrons. The number of amides is 1. The highest BCUT2D eigenvalue weighted by molar-refractivity contribution is 6.31. The van der Waals surface area contributed by atoms with Crippen LogP contribution in [0.2, 0.25) is 5.02 Å². The summed E-state index contributed by atoms with van der Waals surface area (Å²) in [5, 5.41) is 11.8. The lowest BCUT2D eigenvalue weighted by Crippen LogP contribution is -2.42. The van der Waals surface area contributed by atoms with E-state index in [-0.39, 0.29) is 12.2 Å². The lowest BCUT2D eigenvalue weighted by molar-refractivity contribution is -0.135. The predicted octanol–water partition coefficient (Wildman–Crippen LogP) is 4.70. The number of carbonyl (C=O) groups excluding carboxylic acids is 2. The van der Waals surface area contributed by atoms with Gasteiger partial charge in [-0.1, -0.05) is 71.8 Å². The average Bonchev–Trinajstić information content (AvgIpc) is 2.94. The van der Waals surface area contributed by atoms with Gasteiger partial charge in [0, 0.05) is 22.7 Å². The van der Waals surface area contributed by atoms with Gasteiger partial charge in [0.25, 0.3) is 5.91 Å². The molecule has 1 aliphatic rings. The molecule has 1 heterocycles. The maximum absolute atomic E-state index is 13.3. The van der Waals surface area contributed by atoms with Crippen LogP contribution in [0.25, 0.3) is 0 Å². The van der Waals surface area contributed by atoms with E-state index in [4.69, 9.17) is 11.6 Å². The molecule has 0 spiro atoms. The van der Waals surface area contributed by atoms with Crippen LogP contribution in [-0.4, -0.2) is 23.3 Å². The Morgan fingerprint density at radius 1 is 1.03 bits per heavy atom. The lowest BCUT2D eigenvalue weighted by atomic mass is 9.88. The van der Waals surface area contributed by atoms with Crippen LogP contribution in [0.3, 0.4) is 0 Å². The molecule has 3 aromatic rings. The summed E-state index contributed by atoms with van der Waals surface area (Å²) >= 11 is 6.16. The second-order valence-electron chi connectivity index (χ2n) is 7.68. The Balaban J connectivity index is 1.64. The van der Waals surface area contributed by atoms with Crippen molar-refractivity contribution in [1.82, 2.24) is 0 Å². The summed E-state index contributed by atoms with van der Waals surface area (Å²) in [6, 6.07) is 21.9. The van der Waals surface area contributed by atoms with Crippen molar-refractivity contribution in [3.63, 3.8) is 0 Å². The molecule has 0 unspecified atom stereocenters. The first-order valence-electron chi connectivity index (χ1n) is 9.87. The number of benzene rings is 3. The van der Waals surface area contributed by atoms with Gasteiger partial charge in [-0.15, -0.1) is 0 Å². The van der Waals surface area contributed by atoms with Gasteiger partial charge in [0.05, 0.1) is 12.1 Å². The Labute approximate surface area is 180 Å². The summed E-state index contributed by atoms with van der Waals surface area (Å²) in [6.45, 7) is 2.34. The van der Waals surface area contributed by atoms with Gasteiger partial charge >= 0.3 is 0 Å². The zero-order chi connectivity index (χ0) is 21.3. The molecule has 0 aromatic heterocycles. The van der Waals surface area contributed by atoms with Crippen LogP contribution in [0.4, 0.5) is 5.69 Å². The third-order valence-electron chi connectivity index (χ3n) is 5.55. The van der Waals surface area contributed by atoms with Crippen molar-refractivity contribution in [2.45, 2.75) is 25.4 Å². The zero-order valence-corrected chi connectivity index (χ0v) is 17.4. The van der Waals surface area contributed by atoms with Gasteiger partial charge in [-0.2, -0.15) is 0 Å². The molecule has 1 amide bonds. The molecular weight excluding hydrogens is 398 g/mol. The van der Waals surface area contributed by atoms with E-state index in [2.05, 4.69) is 0 Å². The number of hydrogen-bond acceptors (Lipinski definition) is 3. The number of aliphatic hydroxyl groups is 1. The fourth-order valence-electron chi connectivity index (χ4n) is 3.88. The number of halogens is 1. The Morgan fingerprint density at radius 3 is 2.43 bits per heavy atom. The van der Waals surface area contributed by atoms with Gasteiger partial charge in [0.1, 0.15) is 0 Å². The molecule has 152 valence electrons. The topological polar surface area (TPSA) is 57.6 Å². The quantitative estimate of drug-likeness (QED) is 0.589. The molecule has 1 atom stereocenters. The van der Waals surface area contributed by atoms with Gasteiger partial charge < -0.3 is 10.0 Å². The highest BCUT2D eigenvalue weighted by atomic mass is 35.5. The van der Waals surface area contributed by atoms with E-state index in [9.17, 15) is 14.7 Å². The van der Waals surface area contributed by atoms with E-state index < -0.39 is 11.5 Å². The fourth-order valence-corrected chi connectivity index (χ4v) is 4.05. The first-order valence-corrected chi connectivity index (χ1v) is 10.2. The molecule has 3 aromatic carbocycles. The van der Waals surface area contributed by atoms with Crippen molar-refractivity contribution < 1.29 is 14.7 Å².